The maximum Gasteiger partial charge on any atom is 0.217 e. The van der Waals surface area contributed by atoms with Crippen molar-refractivity contribution in [3.63, 3.8) is 0 Å². The number of aliphatic hydroxyl groups excluding tert-OH is 4. The van der Waals surface area contributed by atoms with Gasteiger partial charge in [0, 0.05) is 13.5 Å². The predicted molar refractivity (Wildman–Crippen MR) is 57.6 cm³/mol. The van der Waals surface area contributed by atoms with Crippen LogP contribution >= 0.6 is 0 Å². The van der Waals surface area contributed by atoms with Gasteiger partial charge in [-0.2, -0.15) is 0 Å². The lowest BCUT2D eigenvalue weighted by Gasteiger charge is -2.29. The second kappa shape index (κ2) is 7.56. The number of nitrogens with one attached hydrogen (secondary N) is 1. The van der Waals surface area contributed by atoms with E-state index in [0.717, 1.165) is 0 Å². The zero-order valence-corrected chi connectivity index (χ0v) is 9.63. The molecule has 4 atom stereocenters. The standard InChI is InChI=1S/C10H21NO5/c1-3-8(14)10(16)9(15)7(4-5-12)11-6(2)13/h7-10,12,14-16H,3-5H2,1-2H3,(H,11,13). The third-order valence-corrected chi connectivity index (χ3v) is 2.40. The monoisotopic (exact) mass is 235 g/mol. The Kier molecular flexibility index (Phi) is 7.24. The summed E-state index contributed by atoms with van der Waals surface area (Å²) in [6.45, 7) is 2.72. The van der Waals surface area contributed by atoms with Crippen LogP contribution in [0.15, 0.2) is 0 Å². The highest BCUT2D eigenvalue weighted by atomic mass is 16.4. The van der Waals surface area contributed by atoms with Gasteiger partial charge in [-0.25, -0.2) is 0 Å². The van der Waals surface area contributed by atoms with Gasteiger partial charge < -0.3 is 25.7 Å². The summed E-state index contributed by atoms with van der Waals surface area (Å²) in [5, 5.41) is 39.8. The van der Waals surface area contributed by atoms with Crippen LogP contribution in [-0.2, 0) is 4.79 Å². The molecule has 0 aliphatic heterocycles. The quantitative estimate of drug-likeness (QED) is 0.364. The second-order valence-electron chi connectivity index (χ2n) is 3.78. The number of carbonyl (C=O) groups is 1. The Bertz CT molecular complexity index is 211. The molecule has 0 aromatic rings. The molecule has 1 amide bonds. The van der Waals surface area contributed by atoms with Crippen LogP contribution < -0.4 is 5.32 Å². The third-order valence-electron chi connectivity index (χ3n) is 2.40. The van der Waals surface area contributed by atoms with E-state index in [0.29, 0.717) is 6.42 Å². The Morgan fingerprint density at radius 2 is 1.81 bits per heavy atom. The maximum atomic E-state index is 10.8. The van der Waals surface area contributed by atoms with E-state index in [4.69, 9.17) is 5.11 Å². The Morgan fingerprint density at radius 3 is 2.19 bits per heavy atom. The van der Waals surface area contributed by atoms with E-state index in [1.807, 2.05) is 0 Å². The Labute approximate surface area is 94.9 Å². The lowest BCUT2D eigenvalue weighted by atomic mass is 9.97. The summed E-state index contributed by atoms with van der Waals surface area (Å²) >= 11 is 0. The third kappa shape index (κ3) is 4.89. The van der Waals surface area contributed by atoms with Gasteiger partial charge in [0.05, 0.1) is 12.1 Å². The molecule has 6 heteroatoms. The number of carbonyl (C=O) groups excluding carboxylic acids is 1. The van der Waals surface area contributed by atoms with Gasteiger partial charge in [0.15, 0.2) is 0 Å². The highest BCUT2D eigenvalue weighted by molar-refractivity contribution is 5.73. The first-order valence-corrected chi connectivity index (χ1v) is 5.36. The van der Waals surface area contributed by atoms with Gasteiger partial charge in [-0.05, 0) is 12.8 Å². The van der Waals surface area contributed by atoms with Gasteiger partial charge in [-0.15, -0.1) is 0 Å². The molecule has 0 aromatic carbocycles. The molecule has 16 heavy (non-hydrogen) atoms. The van der Waals surface area contributed by atoms with Crippen LogP contribution in [0.3, 0.4) is 0 Å². The highest BCUT2D eigenvalue weighted by Gasteiger charge is 2.30. The molecule has 0 aromatic heterocycles. The van der Waals surface area contributed by atoms with Gasteiger partial charge in [0.25, 0.3) is 0 Å². The van der Waals surface area contributed by atoms with Crippen molar-refractivity contribution >= 4 is 5.91 Å². The van der Waals surface area contributed by atoms with Crippen LogP contribution in [0.4, 0.5) is 0 Å². The number of aliphatic hydroxyl groups is 4. The minimum Gasteiger partial charge on any atom is -0.396 e. The van der Waals surface area contributed by atoms with Crippen molar-refractivity contribution in [2.75, 3.05) is 6.61 Å². The van der Waals surface area contributed by atoms with E-state index in [1.165, 1.54) is 6.92 Å². The zero-order chi connectivity index (χ0) is 12.7. The zero-order valence-electron chi connectivity index (χ0n) is 9.63. The molecular weight excluding hydrogens is 214 g/mol. The summed E-state index contributed by atoms with van der Waals surface area (Å²) in [6.07, 6.45) is -3.28. The molecule has 6 nitrogen and oxygen atoms in total. The fourth-order valence-electron chi connectivity index (χ4n) is 1.44. The van der Waals surface area contributed by atoms with E-state index in [1.54, 1.807) is 6.92 Å². The fourth-order valence-corrected chi connectivity index (χ4v) is 1.44. The van der Waals surface area contributed by atoms with Crippen molar-refractivity contribution in [1.82, 2.24) is 5.32 Å². The summed E-state index contributed by atoms with van der Waals surface area (Å²) in [7, 11) is 0. The van der Waals surface area contributed by atoms with Gasteiger partial charge in [-0.1, -0.05) is 6.92 Å². The van der Waals surface area contributed by atoms with Crippen LogP contribution in [-0.4, -0.2) is 57.3 Å². The van der Waals surface area contributed by atoms with E-state index in [-0.39, 0.29) is 18.9 Å². The minimum absolute atomic E-state index is 0.119. The van der Waals surface area contributed by atoms with Crippen LogP contribution in [0, 0.1) is 0 Å². The van der Waals surface area contributed by atoms with Crippen LogP contribution in [0.1, 0.15) is 26.7 Å². The maximum absolute atomic E-state index is 10.8. The molecule has 0 aliphatic rings. The predicted octanol–water partition coefficient (Wildman–Crippen LogP) is -1.63. The molecule has 0 saturated carbocycles. The normalized spacial score (nSPS) is 18.6. The number of amides is 1. The van der Waals surface area contributed by atoms with Crippen LogP contribution in [0.2, 0.25) is 0 Å². The summed E-state index contributed by atoms with van der Waals surface area (Å²) in [5.74, 6) is -0.365. The van der Waals surface area contributed by atoms with E-state index in [9.17, 15) is 20.1 Å². The second-order valence-corrected chi connectivity index (χ2v) is 3.78. The Morgan fingerprint density at radius 1 is 1.25 bits per heavy atom. The molecule has 0 spiro atoms. The molecule has 0 heterocycles. The summed E-state index contributed by atoms with van der Waals surface area (Å²) < 4.78 is 0. The first-order valence-electron chi connectivity index (χ1n) is 5.36. The van der Waals surface area contributed by atoms with Crippen molar-refractivity contribution in [1.29, 1.82) is 0 Å². The van der Waals surface area contributed by atoms with Gasteiger partial charge in [-0.3, -0.25) is 4.79 Å². The Balaban J connectivity index is 4.45. The molecule has 5 N–H and O–H groups in total. The minimum atomic E-state index is -1.34. The van der Waals surface area contributed by atoms with E-state index in [2.05, 4.69) is 5.32 Å². The molecule has 0 bridgehead atoms. The van der Waals surface area contributed by atoms with Crippen molar-refractivity contribution in [2.24, 2.45) is 0 Å². The van der Waals surface area contributed by atoms with Crippen molar-refractivity contribution in [3.8, 4) is 0 Å². The fraction of sp³-hybridized carbons (Fsp3) is 0.900. The van der Waals surface area contributed by atoms with Crippen molar-refractivity contribution in [3.05, 3.63) is 0 Å². The van der Waals surface area contributed by atoms with E-state index < -0.39 is 24.4 Å². The molecule has 0 saturated heterocycles. The van der Waals surface area contributed by atoms with E-state index >= 15 is 0 Å². The van der Waals surface area contributed by atoms with Crippen LogP contribution in [0.5, 0.6) is 0 Å². The molecule has 0 fully saturated rings. The number of hydrogen-bond donors (Lipinski definition) is 5. The first-order chi connectivity index (χ1) is 7.43. The number of hydrogen-bond acceptors (Lipinski definition) is 5. The molecule has 96 valence electrons. The SMILES string of the molecule is CCC(O)C(O)C(O)C(CCO)NC(C)=O. The largest absolute Gasteiger partial charge is 0.396 e. The lowest BCUT2D eigenvalue weighted by Crippen LogP contribution is -2.51. The molecule has 0 radical (unpaired) electrons. The smallest absolute Gasteiger partial charge is 0.217 e. The molecule has 4 unspecified atom stereocenters. The highest BCUT2D eigenvalue weighted by Crippen LogP contribution is 2.10. The topological polar surface area (TPSA) is 110 Å². The molecule has 0 rings (SSSR count). The molecule has 0 aliphatic carbocycles. The van der Waals surface area contributed by atoms with Gasteiger partial charge in [0.2, 0.25) is 5.91 Å². The van der Waals surface area contributed by atoms with Crippen LogP contribution in [0.25, 0.3) is 0 Å². The first kappa shape index (κ1) is 15.3. The Hall–Kier alpha value is -0.690. The average molecular weight is 235 g/mol. The summed E-state index contributed by atoms with van der Waals surface area (Å²) in [4.78, 5) is 10.8. The lowest BCUT2D eigenvalue weighted by molar-refractivity contribution is -0.123. The van der Waals surface area contributed by atoms with Crippen molar-refractivity contribution in [2.45, 2.75) is 51.0 Å². The number of rotatable bonds is 7. The van der Waals surface area contributed by atoms with Crippen molar-refractivity contribution < 1.29 is 25.2 Å². The average Bonchev–Trinajstić information content (AvgIpc) is 2.24. The van der Waals surface area contributed by atoms with Gasteiger partial charge in [0.1, 0.15) is 12.2 Å². The molecular formula is C10H21NO5. The summed E-state index contributed by atoms with van der Waals surface area (Å²) in [6, 6.07) is -0.765. The van der Waals surface area contributed by atoms with Gasteiger partial charge >= 0.3 is 0 Å². The summed E-state index contributed by atoms with van der Waals surface area (Å²) in [5.41, 5.74) is 0.